The zero-order chi connectivity index (χ0) is 34.1. The standard InChI is InChI=1S/C34H38F2N8O4/c1-18(37)32(45)43-16-24(35)12-28(43)30-38-14-26(41-30)22-8-4-20(5-9-22)21-6-10-23(11-7-21)27-15-39-31(42-27)29-13-25(36)17-44(29)33(46)19(2)40-34(47)48-3/h4-11,14-15,18-19,24-25,28-29H,12-13,16-17,37H2,1-3H3,(H,38,41)(H,39,42)(H,40,47)/t18-,19-,24+,25+,28-,29-/m0/s1. The molecule has 252 valence electrons. The topological polar surface area (TPSA) is 162 Å². The molecule has 0 saturated carbocycles. The number of alkyl halides is 2. The van der Waals surface area contributed by atoms with Crippen LogP contribution in [0.4, 0.5) is 13.6 Å². The number of aromatic amines is 2. The lowest BCUT2D eigenvalue weighted by Gasteiger charge is -2.26. The highest BCUT2D eigenvalue weighted by molar-refractivity contribution is 5.86. The van der Waals surface area contributed by atoms with Gasteiger partial charge in [0.2, 0.25) is 11.8 Å². The Bertz CT molecular complexity index is 1770. The number of carbonyl (C=O) groups excluding carboxylic acids is 3. The van der Waals surface area contributed by atoms with Crippen molar-refractivity contribution in [2.45, 2.75) is 63.2 Å². The number of methoxy groups -OCH3 is 1. The molecule has 2 saturated heterocycles. The third-order valence-corrected chi connectivity index (χ3v) is 8.89. The van der Waals surface area contributed by atoms with Gasteiger partial charge in [0, 0.05) is 12.8 Å². The van der Waals surface area contributed by atoms with E-state index >= 15 is 0 Å². The second kappa shape index (κ2) is 13.6. The number of likely N-dealkylation sites (tertiary alicyclic amines) is 2. The summed E-state index contributed by atoms with van der Waals surface area (Å²) in [6.45, 7) is 3.04. The van der Waals surface area contributed by atoms with E-state index in [0.29, 0.717) is 11.6 Å². The molecule has 48 heavy (non-hydrogen) atoms. The Balaban J connectivity index is 1.12. The third-order valence-electron chi connectivity index (χ3n) is 8.89. The van der Waals surface area contributed by atoms with E-state index in [9.17, 15) is 23.2 Å². The molecular formula is C34H38F2N8O4. The minimum atomic E-state index is -1.21. The van der Waals surface area contributed by atoms with Crippen LogP contribution in [-0.2, 0) is 14.3 Å². The second-order valence-electron chi connectivity index (χ2n) is 12.3. The first-order valence-electron chi connectivity index (χ1n) is 15.8. The quantitative estimate of drug-likeness (QED) is 0.217. The van der Waals surface area contributed by atoms with Gasteiger partial charge >= 0.3 is 6.09 Å². The van der Waals surface area contributed by atoms with E-state index in [1.807, 2.05) is 48.5 Å². The molecule has 2 fully saturated rings. The average molecular weight is 661 g/mol. The number of halogens is 2. The summed E-state index contributed by atoms with van der Waals surface area (Å²) in [6, 6.07) is 13.1. The largest absolute Gasteiger partial charge is 0.453 e. The van der Waals surface area contributed by atoms with Gasteiger partial charge in [0.15, 0.2) is 0 Å². The van der Waals surface area contributed by atoms with Crippen molar-refractivity contribution in [2.24, 2.45) is 5.73 Å². The number of H-pyrrole nitrogens is 2. The number of imidazole rings is 2. The van der Waals surface area contributed by atoms with Crippen LogP contribution in [0.25, 0.3) is 33.6 Å². The lowest BCUT2D eigenvalue weighted by molar-refractivity contribution is -0.134. The van der Waals surface area contributed by atoms with Gasteiger partial charge in [-0.05, 0) is 36.1 Å². The van der Waals surface area contributed by atoms with Gasteiger partial charge in [-0.1, -0.05) is 48.5 Å². The van der Waals surface area contributed by atoms with Crippen molar-refractivity contribution in [3.8, 4) is 33.6 Å². The summed E-state index contributed by atoms with van der Waals surface area (Å²) in [7, 11) is 1.21. The first-order valence-corrected chi connectivity index (χ1v) is 15.8. The van der Waals surface area contributed by atoms with Crippen LogP contribution >= 0.6 is 0 Å². The number of rotatable bonds is 8. The number of hydrogen-bond acceptors (Lipinski definition) is 7. The number of nitrogens with two attached hydrogens (primary N) is 1. The molecule has 12 nitrogen and oxygen atoms in total. The number of carbonyl (C=O) groups is 3. The van der Waals surface area contributed by atoms with Crippen LogP contribution in [-0.4, -0.2) is 92.3 Å². The van der Waals surface area contributed by atoms with Crippen LogP contribution < -0.4 is 11.1 Å². The molecule has 0 radical (unpaired) electrons. The Kier molecular flexibility index (Phi) is 9.27. The predicted octanol–water partition coefficient (Wildman–Crippen LogP) is 4.45. The molecule has 2 aliphatic rings. The Hall–Kier alpha value is -5.11. The average Bonchev–Trinajstić information content (AvgIpc) is 3.90. The van der Waals surface area contributed by atoms with Gasteiger partial charge in [0.1, 0.15) is 30.0 Å². The smallest absolute Gasteiger partial charge is 0.407 e. The molecule has 0 aliphatic carbocycles. The summed E-state index contributed by atoms with van der Waals surface area (Å²) in [6.07, 6.45) is 0.542. The van der Waals surface area contributed by atoms with Crippen LogP contribution in [0.15, 0.2) is 60.9 Å². The lowest BCUT2D eigenvalue weighted by Crippen LogP contribution is -2.47. The van der Waals surface area contributed by atoms with Crippen molar-refractivity contribution < 1.29 is 27.9 Å². The first kappa shape index (κ1) is 32.8. The molecular weight excluding hydrogens is 622 g/mol. The first-order chi connectivity index (χ1) is 23.0. The Morgan fingerprint density at radius 3 is 1.62 bits per heavy atom. The molecule has 0 spiro atoms. The molecule has 0 unspecified atom stereocenters. The van der Waals surface area contributed by atoms with E-state index in [4.69, 9.17) is 5.73 Å². The number of alkyl carbamates (subject to hydrolysis) is 1. The summed E-state index contributed by atoms with van der Waals surface area (Å²) in [5, 5.41) is 2.44. The summed E-state index contributed by atoms with van der Waals surface area (Å²) in [4.78, 5) is 55.4. The van der Waals surface area contributed by atoms with Crippen molar-refractivity contribution in [3.63, 3.8) is 0 Å². The monoisotopic (exact) mass is 660 g/mol. The predicted molar refractivity (Wildman–Crippen MR) is 174 cm³/mol. The van der Waals surface area contributed by atoms with Gasteiger partial charge in [-0.3, -0.25) is 9.59 Å². The minimum absolute atomic E-state index is 0.00674. The molecule has 4 aromatic rings. The highest BCUT2D eigenvalue weighted by Crippen LogP contribution is 2.35. The minimum Gasteiger partial charge on any atom is -0.453 e. The van der Waals surface area contributed by atoms with Gasteiger partial charge < -0.3 is 35.6 Å². The third kappa shape index (κ3) is 6.65. The summed E-state index contributed by atoms with van der Waals surface area (Å²) < 4.78 is 33.3. The lowest BCUT2D eigenvalue weighted by atomic mass is 10.0. The van der Waals surface area contributed by atoms with Crippen molar-refractivity contribution in [1.82, 2.24) is 35.1 Å². The highest BCUT2D eigenvalue weighted by atomic mass is 19.1. The molecule has 4 heterocycles. The molecule has 14 heteroatoms. The van der Waals surface area contributed by atoms with Gasteiger partial charge in [-0.25, -0.2) is 23.5 Å². The van der Waals surface area contributed by atoms with Crippen molar-refractivity contribution in [2.75, 3.05) is 20.2 Å². The molecule has 6 rings (SSSR count). The normalized spacial score (nSPS) is 22.0. The van der Waals surface area contributed by atoms with E-state index in [1.54, 1.807) is 19.3 Å². The fourth-order valence-corrected chi connectivity index (χ4v) is 6.37. The molecule has 2 aromatic heterocycles. The fraction of sp³-hybridized carbons (Fsp3) is 0.382. The number of nitrogens with zero attached hydrogens (tertiary/aromatic N) is 4. The van der Waals surface area contributed by atoms with E-state index < -0.39 is 48.5 Å². The van der Waals surface area contributed by atoms with E-state index in [1.165, 1.54) is 23.8 Å². The number of ether oxygens (including phenoxy) is 1. The van der Waals surface area contributed by atoms with E-state index in [0.717, 1.165) is 33.6 Å². The van der Waals surface area contributed by atoms with Crippen molar-refractivity contribution in [3.05, 3.63) is 72.6 Å². The molecule has 2 aromatic carbocycles. The Morgan fingerprint density at radius 2 is 1.21 bits per heavy atom. The van der Waals surface area contributed by atoms with E-state index in [-0.39, 0.29) is 31.8 Å². The summed E-state index contributed by atoms with van der Waals surface area (Å²) >= 11 is 0. The fourth-order valence-electron chi connectivity index (χ4n) is 6.37. The second-order valence-corrected chi connectivity index (χ2v) is 12.3. The van der Waals surface area contributed by atoms with Gasteiger partial charge in [-0.15, -0.1) is 0 Å². The maximum absolute atomic E-state index is 14.5. The zero-order valence-electron chi connectivity index (χ0n) is 26.8. The molecule has 5 N–H and O–H groups in total. The SMILES string of the molecule is COC(=O)N[C@@H](C)C(=O)N1C[C@H](F)C[C@H]1c1ncc(-c2ccc(-c3ccc(-c4cnc([C@@H]5C[C@@H](F)CN5C(=O)[C@H](C)N)[nH]4)cc3)cc2)[nH]1. The van der Waals surface area contributed by atoms with Crippen LogP contribution in [0.1, 0.15) is 50.4 Å². The number of aromatic nitrogens is 4. The maximum atomic E-state index is 14.5. The van der Waals surface area contributed by atoms with Gasteiger partial charge in [-0.2, -0.15) is 0 Å². The maximum Gasteiger partial charge on any atom is 0.407 e. The number of nitrogens with one attached hydrogen (secondary N) is 3. The molecule has 3 amide bonds. The van der Waals surface area contributed by atoms with Crippen LogP contribution in [0.5, 0.6) is 0 Å². The summed E-state index contributed by atoms with van der Waals surface area (Å²) in [5.41, 5.74) is 11.0. The molecule has 0 bridgehead atoms. The Labute approximate surface area is 276 Å². The van der Waals surface area contributed by atoms with Crippen molar-refractivity contribution in [1.29, 1.82) is 0 Å². The van der Waals surface area contributed by atoms with Gasteiger partial charge in [0.25, 0.3) is 0 Å². The van der Waals surface area contributed by atoms with Gasteiger partial charge in [0.05, 0.1) is 62.1 Å². The van der Waals surface area contributed by atoms with Crippen molar-refractivity contribution >= 4 is 17.9 Å². The van der Waals surface area contributed by atoms with Crippen LogP contribution in [0.2, 0.25) is 0 Å². The number of hydrogen-bond donors (Lipinski definition) is 4. The summed E-state index contributed by atoms with van der Waals surface area (Å²) in [5.74, 6) is 0.277. The zero-order valence-corrected chi connectivity index (χ0v) is 26.8. The van der Waals surface area contributed by atoms with Crippen LogP contribution in [0.3, 0.4) is 0 Å². The van der Waals surface area contributed by atoms with E-state index in [2.05, 4.69) is 30.0 Å². The van der Waals surface area contributed by atoms with Crippen LogP contribution in [0, 0.1) is 0 Å². The molecule has 6 atom stereocenters. The number of benzene rings is 2. The highest BCUT2D eigenvalue weighted by Gasteiger charge is 2.40. The number of amides is 3. The molecule has 2 aliphatic heterocycles. The Morgan fingerprint density at radius 1 is 0.792 bits per heavy atom.